The van der Waals surface area contributed by atoms with Crippen LogP contribution in [0.3, 0.4) is 0 Å². The molecule has 2 atom stereocenters. The molecule has 0 aliphatic carbocycles. The fraction of sp³-hybridized carbons (Fsp3) is 0.324. The number of ether oxygens (including phenoxy) is 2. The molecule has 0 unspecified atom stereocenters. The standard InChI is InChI=1S/2C27H25ClN4O3.C11H16N2O.C6H7N/c2*28-19-12-18-13-23(35-24(18)22(14-19)20-3-8-30-25-21(20)4-9-31-25)26(33)32-10-5-27(34,6-11-32)15-17-2-1-7-29-16-17;14-11(3-6-12-7-4-11)8-10-2-1-5-13-9-10;1-6-3-2-4-7-5-6/h2*1-4,7-9,12,14,16,23,34H,5-6,10-11,13,15H2,(H,30,31);1-2,5,9,12,14H,3-4,6-8H2;2-5H,1H3/t2*23-;;/m10../s1. The smallest absolute Gasteiger partial charge is 0.263 e. The zero-order valence-corrected chi connectivity index (χ0v) is 52.2. The van der Waals surface area contributed by atoms with E-state index in [1.54, 1.807) is 49.6 Å². The zero-order valence-electron chi connectivity index (χ0n) is 50.6. The maximum atomic E-state index is 13.4. The number of carbonyl (C=O) groups excluding carboxylic acids is 2. The third-order valence-corrected chi connectivity index (χ3v) is 18.2. The fourth-order valence-electron chi connectivity index (χ4n) is 12.9. The first-order chi connectivity index (χ1) is 44.2. The fourth-order valence-corrected chi connectivity index (χ4v) is 13.4. The number of pyridine rings is 6. The van der Waals surface area contributed by atoms with E-state index in [2.05, 4.69) is 45.2 Å². The molecule has 20 heteroatoms. The van der Waals surface area contributed by atoms with Crippen LogP contribution in [0.5, 0.6) is 11.5 Å². The molecule has 468 valence electrons. The number of aryl methyl sites for hydroxylation is 1. The lowest BCUT2D eigenvalue weighted by Crippen LogP contribution is -2.51. The van der Waals surface area contributed by atoms with E-state index in [4.69, 9.17) is 32.7 Å². The van der Waals surface area contributed by atoms with Gasteiger partial charge in [0.05, 0.1) is 16.8 Å². The van der Waals surface area contributed by atoms with Gasteiger partial charge < -0.3 is 49.9 Å². The normalized spacial score (nSPS) is 18.4. The number of H-pyrrole nitrogens is 2. The van der Waals surface area contributed by atoms with Crippen LogP contribution in [-0.2, 0) is 41.7 Å². The second kappa shape index (κ2) is 27.9. The summed E-state index contributed by atoms with van der Waals surface area (Å²) in [6, 6.07) is 30.9. The van der Waals surface area contributed by atoms with Gasteiger partial charge in [0.15, 0.2) is 12.2 Å². The molecule has 2 aromatic carbocycles. The average molecular weight is 1260 g/mol. The number of fused-ring (bicyclic) bond motifs is 4. The van der Waals surface area contributed by atoms with Crippen LogP contribution in [0.25, 0.3) is 44.3 Å². The van der Waals surface area contributed by atoms with Crippen LogP contribution in [0.1, 0.15) is 71.9 Å². The van der Waals surface area contributed by atoms with Crippen molar-refractivity contribution >= 4 is 57.1 Å². The Kier molecular flexibility index (Phi) is 19.2. The number of likely N-dealkylation sites (tertiary alicyclic amines) is 2. The van der Waals surface area contributed by atoms with Gasteiger partial charge in [0.1, 0.15) is 22.8 Å². The van der Waals surface area contributed by atoms with Crippen LogP contribution in [-0.4, -0.2) is 145 Å². The van der Waals surface area contributed by atoms with Crippen LogP contribution < -0.4 is 14.8 Å². The van der Waals surface area contributed by atoms with Gasteiger partial charge in [-0.2, -0.15) is 0 Å². The van der Waals surface area contributed by atoms with Crippen molar-refractivity contribution in [2.75, 3.05) is 39.3 Å². The summed E-state index contributed by atoms with van der Waals surface area (Å²) in [5.74, 6) is 1.31. The molecule has 5 aliphatic rings. The van der Waals surface area contributed by atoms with Gasteiger partial charge >= 0.3 is 0 Å². The number of hydrogen-bond donors (Lipinski definition) is 6. The van der Waals surface area contributed by atoms with Crippen molar-refractivity contribution in [2.24, 2.45) is 0 Å². The summed E-state index contributed by atoms with van der Waals surface area (Å²) in [5.41, 5.74) is 9.22. The minimum atomic E-state index is -0.830. The summed E-state index contributed by atoms with van der Waals surface area (Å²) < 4.78 is 12.6. The number of nitrogens with zero attached hydrogens (tertiary/aromatic N) is 8. The Bertz CT molecular complexity index is 3890. The number of nitrogens with one attached hydrogen (secondary N) is 3. The van der Waals surface area contributed by atoms with Gasteiger partial charge in [-0.15, -0.1) is 0 Å². The molecular formula is C71H73Cl2N11O7. The lowest BCUT2D eigenvalue weighted by atomic mass is 9.85. The maximum Gasteiger partial charge on any atom is 0.263 e. The Morgan fingerprint density at radius 3 is 1.27 bits per heavy atom. The van der Waals surface area contributed by atoms with Gasteiger partial charge in [-0.05, 0) is 165 Å². The van der Waals surface area contributed by atoms with E-state index >= 15 is 0 Å². The molecular weight excluding hydrogens is 1190 g/mol. The lowest BCUT2D eigenvalue weighted by Gasteiger charge is -2.39. The monoisotopic (exact) mass is 1260 g/mol. The Morgan fingerprint density at radius 2 is 0.912 bits per heavy atom. The summed E-state index contributed by atoms with van der Waals surface area (Å²) in [6.07, 6.45) is 26.7. The highest BCUT2D eigenvalue weighted by Gasteiger charge is 2.41. The molecule has 3 saturated heterocycles. The van der Waals surface area contributed by atoms with E-state index in [1.165, 1.54) is 5.56 Å². The summed E-state index contributed by atoms with van der Waals surface area (Å²) in [4.78, 5) is 61.7. The highest BCUT2D eigenvalue weighted by molar-refractivity contribution is 6.31. The average Bonchev–Trinajstić information content (AvgIpc) is 1.72. The second-order valence-electron chi connectivity index (χ2n) is 24.4. The van der Waals surface area contributed by atoms with E-state index in [0.29, 0.717) is 99.1 Å². The van der Waals surface area contributed by atoms with Crippen molar-refractivity contribution < 1.29 is 34.4 Å². The molecule has 6 N–H and O–H groups in total. The Labute approximate surface area is 538 Å². The third kappa shape index (κ3) is 15.1. The van der Waals surface area contributed by atoms with E-state index in [0.717, 1.165) is 104 Å². The first-order valence-electron chi connectivity index (χ1n) is 31.0. The van der Waals surface area contributed by atoms with E-state index in [1.807, 2.05) is 139 Å². The quantitative estimate of drug-likeness (QED) is 0.0747. The Morgan fingerprint density at radius 1 is 0.516 bits per heavy atom. The van der Waals surface area contributed by atoms with Crippen LogP contribution in [0.2, 0.25) is 10.0 Å². The van der Waals surface area contributed by atoms with Crippen LogP contribution in [0.4, 0.5) is 0 Å². The minimum Gasteiger partial charge on any atom is -0.479 e. The molecule has 15 rings (SSSR count). The van der Waals surface area contributed by atoms with Crippen LogP contribution in [0, 0.1) is 6.92 Å². The van der Waals surface area contributed by atoms with Crippen molar-refractivity contribution in [1.29, 1.82) is 0 Å². The number of halogens is 2. The van der Waals surface area contributed by atoms with Gasteiger partial charge in [-0.3, -0.25) is 29.5 Å². The SMILES string of the molecule is Cc1cccnc1.O=C([C@@H]1Cc2cc(Cl)cc(-c3ccnc4[nH]ccc34)c2O1)N1CCC(O)(Cc2cccnc2)CC1.O=C([C@H]1Cc2cc(Cl)cc(-c3ccnc4[nH]ccc34)c2O1)N1CCC(O)(Cc2cccnc2)CC1.OC1(Cc2cccnc2)CCNCC1. The van der Waals surface area contributed by atoms with E-state index < -0.39 is 29.0 Å². The van der Waals surface area contributed by atoms with Crippen molar-refractivity contribution in [3.63, 3.8) is 0 Å². The zero-order chi connectivity index (χ0) is 63.0. The number of benzene rings is 2. The summed E-state index contributed by atoms with van der Waals surface area (Å²) in [6.45, 7) is 5.82. The molecule has 2 amide bonds. The summed E-state index contributed by atoms with van der Waals surface area (Å²) in [7, 11) is 0. The number of piperidine rings is 3. The largest absolute Gasteiger partial charge is 0.479 e. The number of rotatable bonds is 10. The topological polar surface area (TPSA) is 241 Å². The van der Waals surface area contributed by atoms with E-state index in [9.17, 15) is 24.9 Å². The molecule has 0 spiro atoms. The molecule has 13 heterocycles. The van der Waals surface area contributed by atoms with E-state index in [-0.39, 0.29) is 11.8 Å². The first-order valence-corrected chi connectivity index (χ1v) is 31.7. The molecule has 0 radical (unpaired) electrons. The van der Waals surface area contributed by atoms with Crippen molar-refractivity contribution in [2.45, 2.75) is 107 Å². The highest BCUT2D eigenvalue weighted by Crippen LogP contribution is 2.45. The minimum absolute atomic E-state index is 0.0479. The molecule has 18 nitrogen and oxygen atoms in total. The molecule has 0 saturated carbocycles. The van der Waals surface area contributed by atoms with Crippen LogP contribution in [0.15, 0.2) is 171 Å². The number of carbonyl (C=O) groups is 2. The predicted octanol–water partition coefficient (Wildman–Crippen LogP) is 10.5. The van der Waals surface area contributed by atoms with Gasteiger partial charge in [0.25, 0.3) is 11.8 Å². The van der Waals surface area contributed by atoms with Crippen molar-refractivity contribution in [3.8, 4) is 33.8 Å². The molecule has 0 bridgehead atoms. The number of hydrogen-bond acceptors (Lipinski definition) is 14. The lowest BCUT2D eigenvalue weighted by molar-refractivity contribution is -0.142. The van der Waals surface area contributed by atoms with Gasteiger partial charge in [-0.25, -0.2) is 9.97 Å². The summed E-state index contributed by atoms with van der Waals surface area (Å²) >= 11 is 12.9. The molecule has 5 aliphatic heterocycles. The third-order valence-electron chi connectivity index (χ3n) is 17.8. The first kappa shape index (κ1) is 62.6. The molecule has 3 fully saturated rings. The van der Waals surface area contributed by atoms with Gasteiger partial charge in [-0.1, -0.05) is 47.5 Å². The van der Waals surface area contributed by atoms with Crippen molar-refractivity contribution in [1.82, 2.24) is 55.0 Å². The van der Waals surface area contributed by atoms with Gasteiger partial charge in [0, 0.05) is 176 Å². The Balaban J connectivity index is 0.000000134. The molecule has 91 heavy (non-hydrogen) atoms. The van der Waals surface area contributed by atoms with Gasteiger partial charge in [0.2, 0.25) is 0 Å². The summed E-state index contributed by atoms with van der Waals surface area (Å²) in [5, 5.41) is 38.8. The molecule has 10 aromatic rings. The van der Waals surface area contributed by atoms with Crippen molar-refractivity contribution in [3.05, 3.63) is 215 Å². The Hall–Kier alpha value is -8.62. The number of amides is 2. The number of aliphatic hydroxyl groups is 3. The van der Waals surface area contributed by atoms with Crippen LogP contribution >= 0.6 is 23.2 Å². The highest BCUT2D eigenvalue weighted by atomic mass is 35.5. The molecule has 8 aromatic heterocycles. The number of aromatic nitrogens is 8. The predicted molar refractivity (Wildman–Crippen MR) is 351 cm³/mol. The number of aromatic amines is 2. The second-order valence-corrected chi connectivity index (χ2v) is 25.3. The maximum absolute atomic E-state index is 13.4.